The predicted molar refractivity (Wildman–Crippen MR) is 131 cm³/mol. The van der Waals surface area contributed by atoms with Crippen LogP contribution in [0.5, 0.6) is 0 Å². The Morgan fingerprint density at radius 1 is 0.667 bits per heavy atom. The lowest BCUT2D eigenvalue weighted by atomic mass is 10.0. The first-order valence-electron chi connectivity index (χ1n) is 13.7. The van der Waals surface area contributed by atoms with Gasteiger partial charge in [-0.05, 0) is 57.8 Å². The van der Waals surface area contributed by atoms with Crippen molar-refractivity contribution in [2.24, 2.45) is 0 Å². The number of ether oxygens (including phenoxy) is 1. The van der Waals surface area contributed by atoms with Gasteiger partial charge in [0.2, 0.25) is 0 Å². The highest BCUT2D eigenvalue weighted by molar-refractivity contribution is 5.69. The first-order chi connectivity index (χ1) is 14.8. The van der Waals surface area contributed by atoms with E-state index in [1.54, 1.807) is 0 Å². The number of carbonyl (C=O) groups is 1. The van der Waals surface area contributed by atoms with Crippen LogP contribution in [-0.4, -0.2) is 12.1 Å². The van der Waals surface area contributed by atoms with Gasteiger partial charge >= 0.3 is 5.97 Å². The lowest BCUT2D eigenvalue weighted by Crippen LogP contribution is -2.18. The van der Waals surface area contributed by atoms with Crippen molar-refractivity contribution in [3.05, 3.63) is 12.2 Å². The van der Waals surface area contributed by atoms with Crippen LogP contribution in [0.25, 0.3) is 0 Å². The Kier molecular flexibility index (Phi) is 19.5. The van der Waals surface area contributed by atoms with Crippen molar-refractivity contribution < 1.29 is 9.53 Å². The Bertz CT molecular complexity index is 401. The molecule has 1 aliphatic rings. The maximum Gasteiger partial charge on any atom is 0.306 e. The largest absolute Gasteiger partial charge is 0.462 e. The molecule has 2 nitrogen and oxygen atoms in total. The number of unbranched alkanes of at least 4 members (excludes halogenated alkanes) is 8. The second kappa shape index (κ2) is 21.4. The van der Waals surface area contributed by atoms with Crippen molar-refractivity contribution in [1.29, 1.82) is 0 Å². The SMILES string of the molecule is CCCCCCCCCCCC(=O)OC1CCCCCCC=CCCCCCCC1. The van der Waals surface area contributed by atoms with Gasteiger partial charge in [0.1, 0.15) is 6.10 Å². The number of hydrogen-bond donors (Lipinski definition) is 0. The second-order valence-corrected chi connectivity index (χ2v) is 9.50. The number of carbonyl (C=O) groups excluding carboxylic acids is 1. The Morgan fingerprint density at radius 3 is 1.70 bits per heavy atom. The van der Waals surface area contributed by atoms with Crippen molar-refractivity contribution >= 4 is 5.97 Å². The molecule has 0 aromatic carbocycles. The molecule has 0 radical (unpaired) electrons. The summed E-state index contributed by atoms with van der Waals surface area (Å²) in [6, 6.07) is 0. The Hall–Kier alpha value is -0.790. The van der Waals surface area contributed by atoms with Gasteiger partial charge in [0.15, 0.2) is 0 Å². The van der Waals surface area contributed by atoms with Crippen LogP contribution in [0, 0.1) is 0 Å². The number of rotatable bonds is 11. The van der Waals surface area contributed by atoms with Gasteiger partial charge in [0.05, 0.1) is 0 Å². The highest BCUT2D eigenvalue weighted by Gasteiger charge is 2.14. The molecule has 0 spiro atoms. The van der Waals surface area contributed by atoms with Gasteiger partial charge in [-0.1, -0.05) is 103 Å². The minimum Gasteiger partial charge on any atom is -0.462 e. The molecule has 2 heteroatoms. The molecule has 0 heterocycles. The van der Waals surface area contributed by atoms with E-state index < -0.39 is 0 Å². The lowest BCUT2D eigenvalue weighted by Gasteiger charge is -2.18. The summed E-state index contributed by atoms with van der Waals surface area (Å²) in [7, 11) is 0. The van der Waals surface area contributed by atoms with Crippen LogP contribution in [-0.2, 0) is 9.53 Å². The Labute approximate surface area is 188 Å². The Balaban J connectivity index is 2.16. The molecular weight excluding hydrogens is 368 g/mol. The molecule has 0 N–H and O–H groups in total. The predicted octanol–water partition coefficient (Wildman–Crippen LogP) is 9.46. The lowest BCUT2D eigenvalue weighted by molar-refractivity contribution is -0.150. The van der Waals surface area contributed by atoms with Crippen LogP contribution in [0.3, 0.4) is 0 Å². The summed E-state index contributed by atoms with van der Waals surface area (Å²) in [5, 5.41) is 0. The molecule has 0 saturated heterocycles. The molecular formula is C28H52O2. The third-order valence-corrected chi connectivity index (χ3v) is 6.49. The quantitative estimate of drug-likeness (QED) is 0.189. The van der Waals surface area contributed by atoms with Crippen LogP contribution in [0.2, 0.25) is 0 Å². The van der Waals surface area contributed by atoms with Gasteiger partial charge in [-0.25, -0.2) is 0 Å². The summed E-state index contributed by atoms with van der Waals surface area (Å²) in [5.41, 5.74) is 0. The van der Waals surface area contributed by atoms with Gasteiger partial charge in [-0.2, -0.15) is 0 Å². The first kappa shape index (κ1) is 27.2. The third-order valence-electron chi connectivity index (χ3n) is 6.49. The van der Waals surface area contributed by atoms with E-state index in [2.05, 4.69) is 19.1 Å². The molecule has 0 aromatic rings. The van der Waals surface area contributed by atoms with E-state index >= 15 is 0 Å². The molecule has 176 valence electrons. The standard InChI is InChI=1S/C28H52O2/c1-2-3-4-5-6-12-17-20-23-26-28(29)30-27-24-21-18-15-13-10-8-7-9-11-14-16-19-22-25-27/h7-8,27H,2-6,9-26H2,1H3. The van der Waals surface area contributed by atoms with E-state index in [0.717, 1.165) is 19.3 Å². The fraction of sp³-hybridized carbons (Fsp3) is 0.893. The highest BCUT2D eigenvalue weighted by Crippen LogP contribution is 2.18. The first-order valence-corrected chi connectivity index (χ1v) is 13.7. The van der Waals surface area contributed by atoms with E-state index in [4.69, 9.17) is 4.74 Å². The van der Waals surface area contributed by atoms with Gasteiger partial charge in [0.25, 0.3) is 0 Å². The van der Waals surface area contributed by atoms with Crippen molar-refractivity contribution in [2.45, 2.75) is 161 Å². The summed E-state index contributed by atoms with van der Waals surface area (Å²) >= 11 is 0. The van der Waals surface area contributed by atoms with Crippen LogP contribution >= 0.6 is 0 Å². The maximum atomic E-state index is 12.3. The average molecular weight is 421 g/mol. The molecule has 1 atom stereocenters. The molecule has 0 bridgehead atoms. The molecule has 1 rings (SSSR count). The smallest absolute Gasteiger partial charge is 0.306 e. The third kappa shape index (κ3) is 18.0. The molecule has 0 aliphatic heterocycles. The minimum atomic E-state index is 0.0579. The summed E-state index contributed by atoms with van der Waals surface area (Å²) in [6.45, 7) is 2.27. The van der Waals surface area contributed by atoms with E-state index in [-0.39, 0.29) is 12.1 Å². The van der Waals surface area contributed by atoms with Gasteiger partial charge in [-0.3, -0.25) is 4.79 Å². The maximum absolute atomic E-state index is 12.3. The van der Waals surface area contributed by atoms with Crippen LogP contribution in [0.1, 0.15) is 155 Å². The zero-order valence-electron chi connectivity index (χ0n) is 20.3. The highest BCUT2D eigenvalue weighted by atomic mass is 16.5. The minimum absolute atomic E-state index is 0.0579. The van der Waals surface area contributed by atoms with Gasteiger partial charge in [0, 0.05) is 6.42 Å². The van der Waals surface area contributed by atoms with Gasteiger partial charge in [-0.15, -0.1) is 0 Å². The van der Waals surface area contributed by atoms with Crippen LogP contribution in [0.15, 0.2) is 12.2 Å². The van der Waals surface area contributed by atoms with E-state index in [1.807, 2.05) is 0 Å². The van der Waals surface area contributed by atoms with Crippen molar-refractivity contribution in [1.82, 2.24) is 0 Å². The molecule has 1 unspecified atom stereocenters. The fourth-order valence-electron chi connectivity index (χ4n) is 4.47. The van der Waals surface area contributed by atoms with Crippen LogP contribution in [0.4, 0.5) is 0 Å². The monoisotopic (exact) mass is 420 g/mol. The van der Waals surface area contributed by atoms with E-state index in [0.29, 0.717) is 6.42 Å². The number of hydrogen-bond acceptors (Lipinski definition) is 2. The fourth-order valence-corrected chi connectivity index (χ4v) is 4.47. The molecule has 30 heavy (non-hydrogen) atoms. The average Bonchev–Trinajstić information content (AvgIpc) is 2.74. The summed E-state index contributed by atoms with van der Waals surface area (Å²) in [5.74, 6) is 0.0579. The summed E-state index contributed by atoms with van der Waals surface area (Å²) < 4.78 is 5.92. The molecule has 0 amide bonds. The number of esters is 1. The normalized spacial score (nSPS) is 20.1. The van der Waals surface area contributed by atoms with Crippen molar-refractivity contribution in [2.75, 3.05) is 0 Å². The van der Waals surface area contributed by atoms with Crippen molar-refractivity contribution in [3.63, 3.8) is 0 Å². The molecule has 0 aromatic heterocycles. The summed E-state index contributed by atoms with van der Waals surface area (Å²) in [4.78, 5) is 12.3. The van der Waals surface area contributed by atoms with Gasteiger partial charge < -0.3 is 4.74 Å². The van der Waals surface area contributed by atoms with E-state index in [1.165, 1.54) is 122 Å². The summed E-state index contributed by atoms with van der Waals surface area (Å²) in [6.07, 6.45) is 33.4. The molecule has 0 saturated carbocycles. The second-order valence-electron chi connectivity index (χ2n) is 9.50. The number of allylic oxidation sites excluding steroid dienone is 2. The molecule has 0 fully saturated rings. The topological polar surface area (TPSA) is 26.3 Å². The zero-order valence-corrected chi connectivity index (χ0v) is 20.3. The molecule has 1 aliphatic carbocycles. The van der Waals surface area contributed by atoms with E-state index in [9.17, 15) is 4.79 Å². The zero-order chi connectivity index (χ0) is 21.5. The van der Waals surface area contributed by atoms with Crippen LogP contribution < -0.4 is 0 Å². The van der Waals surface area contributed by atoms with Crippen molar-refractivity contribution in [3.8, 4) is 0 Å². The Morgan fingerprint density at radius 2 is 1.13 bits per heavy atom.